The summed E-state index contributed by atoms with van der Waals surface area (Å²) in [7, 11) is 1.86. The molecule has 0 spiro atoms. The van der Waals surface area contributed by atoms with Gasteiger partial charge in [-0.3, -0.25) is 4.79 Å². The first-order valence-corrected chi connectivity index (χ1v) is 11.4. The van der Waals surface area contributed by atoms with Crippen molar-refractivity contribution in [1.29, 1.82) is 0 Å². The number of fused-ring (bicyclic) bond motifs is 1. The number of urea groups is 1. The maximum atomic E-state index is 13.3. The molecule has 3 amide bonds. The number of hydrogen-bond acceptors (Lipinski definition) is 5. The Bertz CT molecular complexity index is 766. The molecule has 1 fully saturated rings. The number of para-hydroxylation sites is 1. The van der Waals surface area contributed by atoms with Gasteiger partial charge in [-0.05, 0) is 38.9 Å². The number of ether oxygens (including phenoxy) is 1. The number of nitrogens with zero attached hydrogens (tertiary/aromatic N) is 1. The third-order valence-corrected chi connectivity index (χ3v) is 6.29. The first-order chi connectivity index (χ1) is 14.9. The molecule has 0 aromatic heterocycles. The Hall–Kier alpha value is -2.32. The van der Waals surface area contributed by atoms with Crippen LogP contribution in [0.25, 0.3) is 0 Å². The standard InChI is InChI=1S/C23H36N4O4/c1-15-13-27(16(2)14-28)22(29)18-10-7-11-19(21(18)31-20(15)12-24-3)26-23(30)25-17-8-5-4-6-9-17/h7,10-11,15-17,20,24,28H,4-6,8-9,12-14H2,1-3H3,(H2,25,26,30)/t15-,16+,20+/m0/s1. The molecule has 1 saturated carbocycles. The van der Waals surface area contributed by atoms with E-state index in [2.05, 4.69) is 16.0 Å². The van der Waals surface area contributed by atoms with Crippen LogP contribution in [0.5, 0.6) is 5.75 Å². The van der Waals surface area contributed by atoms with Crippen LogP contribution in [0.3, 0.4) is 0 Å². The van der Waals surface area contributed by atoms with Crippen molar-refractivity contribution in [3.05, 3.63) is 23.8 Å². The highest BCUT2D eigenvalue weighted by atomic mass is 16.5. The van der Waals surface area contributed by atoms with Gasteiger partial charge in [0.15, 0.2) is 5.75 Å². The van der Waals surface area contributed by atoms with E-state index in [-0.39, 0.29) is 42.7 Å². The molecule has 0 radical (unpaired) electrons. The van der Waals surface area contributed by atoms with Crippen LogP contribution >= 0.6 is 0 Å². The van der Waals surface area contributed by atoms with E-state index < -0.39 is 0 Å². The van der Waals surface area contributed by atoms with Gasteiger partial charge in [0.1, 0.15) is 6.10 Å². The van der Waals surface area contributed by atoms with Crippen LogP contribution in [0.2, 0.25) is 0 Å². The molecule has 31 heavy (non-hydrogen) atoms. The molecule has 1 aromatic carbocycles. The van der Waals surface area contributed by atoms with E-state index in [9.17, 15) is 14.7 Å². The van der Waals surface area contributed by atoms with Crippen LogP contribution in [-0.4, -0.2) is 66.9 Å². The van der Waals surface area contributed by atoms with E-state index in [0.29, 0.717) is 30.1 Å². The SMILES string of the molecule is CNC[C@H]1Oc2c(NC(=O)NC3CCCCC3)cccc2C(=O)N([C@H](C)CO)C[C@@H]1C. The fourth-order valence-electron chi connectivity index (χ4n) is 4.38. The van der Waals surface area contributed by atoms with Gasteiger partial charge in [0.05, 0.1) is 23.9 Å². The van der Waals surface area contributed by atoms with E-state index >= 15 is 0 Å². The molecule has 4 N–H and O–H groups in total. The lowest BCUT2D eigenvalue weighted by molar-refractivity contribution is 0.0417. The Labute approximate surface area is 184 Å². The largest absolute Gasteiger partial charge is 0.486 e. The molecular weight excluding hydrogens is 396 g/mol. The van der Waals surface area contributed by atoms with Crippen LogP contribution < -0.4 is 20.7 Å². The van der Waals surface area contributed by atoms with Gasteiger partial charge in [0, 0.05) is 25.0 Å². The summed E-state index contributed by atoms with van der Waals surface area (Å²) < 4.78 is 6.33. The summed E-state index contributed by atoms with van der Waals surface area (Å²) in [4.78, 5) is 27.7. The van der Waals surface area contributed by atoms with Crippen molar-refractivity contribution >= 4 is 17.6 Å². The minimum atomic E-state index is -0.317. The molecule has 0 unspecified atom stereocenters. The molecule has 1 heterocycles. The molecule has 3 rings (SSSR count). The van der Waals surface area contributed by atoms with E-state index in [0.717, 1.165) is 25.7 Å². The number of carbonyl (C=O) groups excluding carboxylic acids is 2. The van der Waals surface area contributed by atoms with Gasteiger partial charge in [0.2, 0.25) is 0 Å². The van der Waals surface area contributed by atoms with Gasteiger partial charge >= 0.3 is 6.03 Å². The smallest absolute Gasteiger partial charge is 0.319 e. The van der Waals surface area contributed by atoms with Gasteiger partial charge < -0.3 is 30.7 Å². The molecule has 0 bridgehead atoms. The van der Waals surface area contributed by atoms with Crippen molar-refractivity contribution in [1.82, 2.24) is 15.5 Å². The Morgan fingerprint density at radius 2 is 2.03 bits per heavy atom. The predicted octanol–water partition coefficient (Wildman–Crippen LogP) is 2.58. The van der Waals surface area contributed by atoms with E-state index in [1.54, 1.807) is 23.1 Å². The van der Waals surface area contributed by atoms with Crippen LogP contribution in [-0.2, 0) is 0 Å². The second-order valence-electron chi connectivity index (χ2n) is 8.80. The van der Waals surface area contributed by atoms with Crippen molar-refractivity contribution < 1.29 is 19.4 Å². The van der Waals surface area contributed by atoms with Crippen molar-refractivity contribution in [3.8, 4) is 5.75 Å². The Morgan fingerprint density at radius 1 is 1.29 bits per heavy atom. The van der Waals surface area contributed by atoms with Crippen molar-refractivity contribution in [2.75, 3.05) is 32.1 Å². The zero-order valence-corrected chi connectivity index (χ0v) is 18.8. The predicted molar refractivity (Wildman–Crippen MR) is 121 cm³/mol. The number of likely N-dealkylation sites (N-methyl/N-ethyl adjacent to an activating group) is 1. The number of aliphatic hydroxyl groups is 1. The van der Waals surface area contributed by atoms with Crippen LogP contribution in [0, 0.1) is 5.92 Å². The summed E-state index contributed by atoms with van der Waals surface area (Å²) in [5.74, 6) is 0.207. The Morgan fingerprint density at radius 3 is 2.71 bits per heavy atom. The summed E-state index contributed by atoms with van der Waals surface area (Å²) in [6.45, 7) is 4.82. The first kappa shape index (κ1) is 23.3. The highest BCUT2D eigenvalue weighted by Crippen LogP contribution is 2.34. The number of hydrogen-bond donors (Lipinski definition) is 4. The second kappa shape index (κ2) is 10.8. The van der Waals surface area contributed by atoms with Crippen molar-refractivity contribution in [2.45, 2.75) is 64.1 Å². The lowest BCUT2D eigenvalue weighted by Gasteiger charge is -2.37. The Kier molecular flexibility index (Phi) is 8.15. The molecule has 3 atom stereocenters. The molecule has 1 aliphatic heterocycles. The average molecular weight is 433 g/mol. The third kappa shape index (κ3) is 5.68. The maximum absolute atomic E-state index is 13.3. The minimum Gasteiger partial charge on any atom is -0.486 e. The van der Waals surface area contributed by atoms with E-state index in [4.69, 9.17) is 4.74 Å². The lowest BCUT2D eigenvalue weighted by Crippen LogP contribution is -2.49. The highest BCUT2D eigenvalue weighted by Gasteiger charge is 2.34. The summed E-state index contributed by atoms with van der Waals surface area (Å²) in [5.41, 5.74) is 0.870. The van der Waals surface area contributed by atoms with Crippen molar-refractivity contribution in [3.63, 3.8) is 0 Å². The third-order valence-electron chi connectivity index (χ3n) is 6.29. The van der Waals surface area contributed by atoms with Crippen molar-refractivity contribution in [2.24, 2.45) is 5.92 Å². The molecule has 8 nitrogen and oxygen atoms in total. The summed E-state index contributed by atoms with van der Waals surface area (Å²) in [6.07, 6.45) is 5.26. The topological polar surface area (TPSA) is 103 Å². The van der Waals surface area contributed by atoms with Gasteiger partial charge in [-0.25, -0.2) is 4.79 Å². The number of benzene rings is 1. The maximum Gasteiger partial charge on any atom is 0.319 e. The van der Waals surface area contributed by atoms with Crippen LogP contribution in [0.1, 0.15) is 56.3 Å². The molecule has 0 saturated heterocycles. The second-order valence-corrected chi connectivity index (χ2v) is 8.80. The quantitative estimate of drug-likeness (QED) is 0.553. The molecule has 1 aromatic rings. The number of anilines is 1. The van der Waals surface area contributed by atoms with Gasteiger partial charge in [-0.2, -0.15) is 0 Å². The molecule has 8 heteroatoms. The molecule has 1 aliphatic carbocycles. The molecule has 172 valence electrons. The number of aliphatic hydroxyl groups excluding tert-OH is 1. The van der Waals surface area contributed by atoms with Gasteiger partial charge in [-0.1, -0.05) is 32.3 Å². The summed E-state index contributed by atoms with van der Waals surface area (Å²) in [5, 5.41) is 18.8. The monoisotopic (exact) mass is 432 g/mol. The normalized spacial score (nSPS) is 23.2. The fourth-order valence-corrected chi connectivity index (χ4v) is 4.38. The molecule has 2 aliphatic rings. The highest BCUT2D eigenvalue weighted by molar-refractivity contribution is 6.01. The van der Waals surface area contributed by atoms with E-state index in [1.807, 2.05) is 20.9 Å². The van der Waals surface area contributed by atoms with Crippen LogP contribution in [0.4, 0.5) is 10.5 Å². The van der Waals surface area contributed by atoms with Gasteiger partial charge in [0.25, 0.3) is 5.91 Å². The summed E-state index contributed by atoms with van der Waals surface area (Å²) >= 11 is 0. The first-order valence-electron chi connectivity index (χ1n) is 11.4. The molecular formula is C23H36N4O4. The number of nitrogens with one attached hydrogen (secondary N) is 3. The van der Waals surface area contributed by atoms with E-state index in [1.165, 1.54) is 6.42 Å². The Balaban J connectivity index is 1.89. The van der Waals surface area contributed by atoms with Crippen LogP contribution in [0.15, 0.2) is 18.2 Å². The summed E-state index contributed by atoms with van der Waals surface area (Å²) in [6, 6.07) is 4.80. The minimum absolute atomic E-state index is 0.0303. The average Bonchev–Trinajstić information content (AvgIpc) is 2.76. The zero-order valence-electron chi connectivity index (χ0n) is 18.8. The number of rotatable bonds is 6. The number of carbonyl (C=O) groups is 2. The fraction of sp³-hybridized carbons (Fsp3) is 0.652. The lowest BCUT2D eigenvalue weighted by atomic mass is 9.96. The number of amides is 3. The van der Waals surface area contributed by atoms with Gasteiger partial charge in [-0.15, -0.1) is 0 Å². The zero-order chi connectivity index (χ0) is 22.4.